The van der Waals surface area contributed by atoms with Crippen LogP contribution in [0.1, 0.15) is 28.4 Å². The fourth-order valence-corrected chi connectivity index (χ4v) is 2.34. The Kier molecular flexibility index (Phi) is 6.04. The molecule has 0 aromatic heterocycles. The van der Waals surface area contributed by atoms with Gasteiger partial charge in [-0.2, -0.15) is 0 Å². The summed E-state index contributed by atoms with van der Waals surface area (Å²) in [4.78, 5) is 24.0. The number of rotatable bonds is 5. The molecule has 0 aliphatic carbocycles. The summed E-state index contributed by atoms with van der Waals surface area (Å²) in [6, 6.07) is 10.3. The molecular weight excluding hydrogens is 342 g/mol. The van der Waals surface area contributed by atoms with E-state index in [0.717, 1.165) is 11.1 Å². The highest BCUT2D eigenvalue weighted by atomic mass is 35.5. The molecule has 132 valence electrons. The molecule has 0 radical (unpaired) electrons. The quantitative estimate of drug-likeness (QED) is 0.812. The number of methoxy groups -OCH3 is 1. The number of esters is 1. The zero-order chi connectivity index (χ0) is 18.6. The molecule has 2 aromatic rings. The Labute approximate surface area is 151 Å². The number of halogens is 1. The highest BCUT2D eigenvalue weighted by Gasteiger charge is 2.18. The van der Waals surface area contributed by atoms with Crippen molar-refractivity contribution in [2.75, 3.05) is 12.4 Å². The number of carbonyl (C=O) groups is 2. The highest BCUT2D eigenvalue weighted by molar-refractivity contribution is 6.33. The lowest BCUT2D eigenvalue weighted by molar-refractivity contribution is -0.122. The number of benzene rings is 2. The molecule has 0 spiro atoms. The van der Waals surface area contributed by atoms with Crippen molar-refractivity contribution in [3.8, 4) is 5.75 Å². The van der Waals surface area contributed by atoms with Gasteiger partial charge in [0, 0.05) is 0 Å². The van der Waals surface area contributed by atoms with E-state index in [9.17, 15) is 9.59 Å². The van der Waals surface area contributed by atoms with E-state index in [1.165, 1.54) is 25.3 Å². The van der Waals surface area contributed by atoms with E-state index < -0.39 is 12.1 Å². The van der Waals surface area contributed by atoms with Crippen LogP contribution in [-0.4, -0.2) is 25.1 Å². The Morgan fingerprint density at radius 3 is 2.52 bits per heavy atom. The van der Waals surface area contributed by atoms with Gasteiger partial charge in [-0.3, -0.25) is 4.79 Å². The number of carbonyl (C=O) groups excluding carboxylic acids is 2. The van der Waals surface area contributed by atoms with Crippen LogP contribution in [0, 0.1) is 13.8 Å². The van der Waals surface area contributed by atoms with E-state index in [2.05, 4.69) is 10.1 Å². The molecule has 2 aromatic carbocycles. The average Bonchev–Trinajstić information content (AvgIpc) is 2.59. The van der Waals surface area contributed by atoms with Crippen molar-refractivity contribution in [2.45, 2.75) is 26.9 Å². The largest absolute Gasteiger partial charge is 0.481 e. The molecule has 1 amide bonds. The van der Waals surface area contributed by atoms with Gasteiger partial charge < -0.3 is 14.8 Å². The minimum absolute atomic E-state index is 0.297. The first-order valence-electron chi connectivity index (χ1n) is 7.74. The predicted molar refractivity (Wildman–Crippen MR) is 97.4 cm³/mol. The second kappa shape index (κ2) is 8.03. The number of aryl methyl sites for hydroxylation is 2. The summed E-state index contributed by atoms with van der Waals surface area (Å²) < 4.78 is 10.4. The minimum atomic E-state index is -0.738. The molecule has 0 fully saturated rings. The number of hydrogen-bond acceptors (Lipinski definition) is 4. The molecule has 0 unspecified atom stereocenters. The van der Waals surface area contributed by atoms with Gasteiger partial charge in [0.1, 0.15) is 5.75 Å². The fourth-order valence-electron chi connectivity index (χ4n) is 2.18. The Morgan fingerprint density at radius 2 is 1.84 bits per heavy atom. The van der Waals surface area contributed by atoms with Crippen LogP contribution < -0.4 is 10.1 Å². The normalized spacial score (nSPS) is 11.6. The molecule has 0 bridgehead atoms. The summed E-state index contributed by atoms with van der Waals surface area (Å²) >= 11 is 6.09. The Balaban J connectivity index is 2.13. The van der Waals surface area contributed by atoms with Crippen molar-refractivity contribution in [2.24, 2.45) is 0 Å². The molecule has 0 saturated heterocycles. The van der Waals surface area contributed by atoms with Gasteiger partial charge in [-0.25, -0.2) is 4.79 Å². The first-order chi connectivity index (χ1) is 11.8. The maximum Gasteiger partial charge on any atom is 0.337 e. The molecule has 0 heterocycles. The van der Waals surface area contributed by atoms with E-state index in [4.69, 9.17) is 16.3 Å². The number of anilines is 1. The second-order valence-corrected chi connectivity index (χ2v) is 6.11. The standard InChI is InChI=1S/C19H20ClNO4/c1-11-5-6-12(2)17(9-11)25-13(3)18(22)21-16-10-14(19(23)24-4)7-8-15(16)20/h5-10,13H,1-4H3,(H,21,22)/t13-/m0/s1. The lowest BCUT2D eigenvalue weighted by Gasteiger charge is -2.17. The van der Waals surface area contributed by atoms with Gasteiger partial charge in [0.15, 0.2) is 6.10 Å². The molecule has 0 aliphatic rings. The Morgan fingerprint density at radius 1 is 1.12 bits per heavy atom. The first kappa shape index (κ1) is 18.8. The van der Waals surface area contributed by atoms with Crippen molar-refractivity contribution >= 4 is 29.2 Å². The zero-order valence-corrected chi connectivity index (χ0v) is 15.3. The third-order valence-electron chi connectivity index (χ3n) is 3.66. The van der Waals surface area contributed by atoms with Crippen molar-refractivity contribution in [1.29, 1.82) is 0 Å². The lowest BCUT2D eigenvalue weighted by Crippen LogP contribution is -2.30. The topological polar surface area (TPSA) is 64.6 Å². The number of nitrogens with one attached hydrogen (secondary N) is 1. The van der Waals surface area contributed by atoms with Crippen LogP contribution in [0.15, 0.2) is 36.4 Å². The summed E-state index contributed by atoms with van der Waals surface area (Å²) in [5, 5.41) is 3.00. The van der Waals surface area contributed by atoms with Gasteiger partial charge in [-0.1, -0.05) is 23.7 Å². The summed E-state index contributed by atoms with van der Waals surface area (Å²) in [6.07, 6.45) is -0.738. The van der Waals surface area contributed by atoms with Crippen LogP contribution in [0.2, 0.25) is 5.02 Å². The summed E-state index contributed by atoms with van der Waals surface area (Å²) in [5.41, 5.74) is 2.61. The van der Waals surface area contributed by atoms with Gasteiger partial charge >= 0.3 is 5.97 Å². The van der Waals surface area contributed by atoms with E-state index >= 15 is 0 Å². The van der Waals surface area contributed by atoms with E-state index in [1.807, 2.05) is 32.0 Å². The van der Waals surface area contributed by atoms with Gasteiger partial charge in [0.25, 0.3) is 5.91 Å². The van der Waals surface area contributed by atoms with Crippen molar-refractivity contribution in [3.63, 3.8) is 0 Å². The molecule has 1 atom stereocenters. The van der Waals surface area contributed by atoms with Crippen LogP contribution >= 0.6 is 11.6 Å². The molecule has 0 saturated carbocycles. The number of amides is 1. The van der Waals surface area contributed by atoms with Gasteiger partial charge in [-0.15, -0.1) is 0 Å². The maximum absolute atomic E-state index is 12.4. The SMILES string of the molecule is COC(=O)c1ccc(Cl)c(NC(=O)[C@H](C)Oc2cc(C)ccc2C)c1. The van der Waals surface area contributed by atoms with Crippen molar-refractivity contribution in [3.05, 3.63) is 58.1 Å². The molecule has 5 nitrogen and oxygen atoms in total. The smallest absolute Gasteiger partial charge is 0.337 e. The van der Waals surface area contributed by atoms with Crippen molar-refractivity contribution in [1.82, 2.24) is 0 Å². The number of hydrogen-bond donors (Lipinski definition) is 1. The lowest BCUT2D eigenvalue weighted by atomic mass is 10.1. The average molecular weight is 362 g/mol. The minimum Gasteiger partial charge on any atom is -0.481 e. The highest BCUT2D eigenvalue weighted by Crippen LogP contribution is 2.25. The molecule has 1 N–H and O–H groups in total. The van der Waals surface area contributed by atoms with Gasteiger partial charge in [-0.05, 0) is 56.2 Å². The molecular formula is C19H20ClNO4. The van der Waals surface area contributed by atoms with Crippen LogP contribution in [-0.2, 0) is 9.53 Å². The molecule has 0 aliphatic heterocycles. The third-order valence-corrected chi connectivity index (χ3v) is 3.99. The number of ether oxygens (including phenoxy) is 2. The monoisotopic (exact) mass is 361 g/mol. The second-order valence-electron chi connectivity index (χ2n) is 5.70. The maximum atomic E-state index is 12.4. The summed E-state index contributed by atoms with van der Waals surface area (Å²) in [5.74, 6) is -0.228. The van der Waals surface area contributed by atoms with E-state index in [1.54, 1.807) is 6.92 Å². The van der Waals surface area contributed by atoms with E-state index in [0.29, 0.717) is 22.0 Å². The van der Waals surface area contributed by atoms with Crippen LogP contribution in [0.4, 0.5) is 5.69 Å². The Bertz CT molecular complexity index is 804. The van der Waals surface area contributed by atoms with Crippen LogP contribution in [0.3, 0.4) is 0 Å². The van der Waals surface area contributed by atoms with Crippen molar-refractivity contribution < 1.29 is 19.1 Å². The molecule has 6 heteroatoms. The fraction of sp³-hybridized carbons (Fsp3) is 0.263. The first-order valence-corrected chi connectivity index (χ1v) is 8.12. The van der Waals surface area contributed by atoms with Gasteiger partial charge in [0.05, 0.1) is 23.4 Å². The summed E-state index contributed by atoms with van der Waals surface area (Å²) in [7, 11) is 1.29. The third kappa shape index (κ3) is 4.73. The zero-order valence-electron chi connectivity index (χ0n) is 14.6. The molecule has 25 heavy (non-hydrogen) atoms. The van der Waals surface area contributed by atoms with E-state index in [-0.39, 0.29) is 5.91 Å². The van der Waals surface area contributed by atoms with Gasteiger partial charge in [0.2, 0.25) is 0 Å². The molecule has 2 rings (SSSR count). The van der Waals surface area contributed by atoms with Crippen LogP contribution in [0.5, 0.6) is 5.75 Å². The predicted octanol–water partition coefficient (Wildman–Crippen LogP) is 4.15. The Hall–Kier alpha value is -2.53. The van der Waals surface area contributed by atoms with Crippen LogP contribution in [0.25, 0.3) is 0 Å². The summed E-state index contributed by atoms with van der Waals surface area (Å²) in [6.45, 7) is 5.51.